The Kier molecular flexibility index (Phi) is 6.70. The van der Waals surface area contributed by atoms with E-state index in [0.29, 0.717) is 13.0 Å². The molecule has 1 unspecified atom stereocenters. The normalized spacial score (nSPS) is 21.0. The largest absolute Gasteiger partial charge is 0.409 e. The summed E-state index contributed by atoms with van der Waals surface area (Å²) < 4.78 is 23.4. The van der Waals surface area contributed by atoms with Gasteiger partial charge in [-0.05, 0) is 13.3 Å². The van der Waals surface area contributed by atoms with Gasteiger partial charge >= 0.3 is 0 Å². The maximum Gasteiger partial charge on any atom is 0.156 e. The van der Waals surface area contributed by atoms with Gasteiger partial charge in [0.05, 0.1) is 11.8 Å². The summed E-state index contributed by atoms with van der Waals surface area (Å²) in [5.41, 5.74) is 5.60. The van der Waals surface area contributed by atoms with E-state index in [1.807, 2.05) is 13.8 Å². The van der Waals surface area contributed by atoms with E-state index in [1.165, 1.54) is 0 Å². The van der Waals surface area contributed by atoms with E-state index in [9.17, 15) is 8.42 Å². The molecule has 1 fully saturated rings. The van der Waals surface area contributed by atoms with E-state index >= 15 is 0 Å². The average Bonchev–Trinajstić information content (AvgIpc) is 2.44. The van der Waals surface area contributed by atoms with Crippen molar-refractivity contribution in [3.05, 3.63) is 0 Å². The van der Waals surface area contributed by atoms with Gasteiger partial charge in [0.15, 0.2) is 15.7 Å². The van der Waals surface area contributed by atoms with Gasteiger partial charge < -0.3 is 10.9 Å². The SMILES string of the molecule is CCCS(=O)(=O)CCN1CCN(C(C)C(N)=NO)CC1. The van der Waals surface area contributed by atoms with Crippen molar-refractivity contribution in [3.8, 4) is 0 Å². The van der Waals surface area contributed by atoms with Gasteiger partial charge in [-0.25, -0.2) is 8.42 Å². The second-order valence-electron chi connectivity index (χ2n) is 5.23. The molecule has 0 aliphatic carbocycles. The summed E-state index contributed by atoms with van der Waals surface area (Å²) in [5.74, 6) is 0.716. The fraction of sp³-hybridized carbons (Fsp3) is 0.917. The van der Waals surface area contributed by atoms with Crippen molar-refractivity contribution in [2.75, 3.05) is 44.2 Å². The van der Waals surface area contributed by atoms with E-state index in [2.05, 4.69) is 15.0 Å². The van der Waals surface area contributed by atoms with Crippen LogP contribution in [0.1, 0.15) is 20.3 Å². The number of nitrogens with zero attached hydrogens (tertiary/aromatic N) is 3. The van der Waals surface area contributed by atoms with E-state index < -0.39 is 9.84 Å². The fourth-order valence-electron chi connectivity index (χ4n) is 2.33. The molecule has 1 saturated heterocycles. The molecule has 1 rings (SSSR count). The van der Waals surface area contributed by atoms with Gasteiger partial charge in [0.1, 0.15) is 0 Å². The van der Waals surface area contributed by atoms with Gasteiger partial charge in [0.25, 0.3) is 0 Å². The van der Waals surface area contributed by atoms with E-state index in [-0.39, 0.29) is 23.4 Å². The van der Waals surface area contributed by atoms with Crippen LogP contribution in [0, 0.1) is 0 Å². The summed E-state index contributed by atoms with van der Waals surface area (Å²) in [5, 5.41) is 11.7. The molecule has 1 aliphatic heterocycles. The first-order valence-corrected chi connectivity index (χ1v) is 8.86. The third-order valence-corrected chi connectivity index (χ3v) is 5.57. The van der Waals surface area contributed by atoms with Crippen LogP contribution in [0.4, 0.5) is 0 Å². The number of hydrogen-bond acceptors (Lipinski definition) is 6. The van der Waals surface area contributed by atoms with Gasteiger partial charge in [-0.2, -0.15) is 0 Å². The topological polar surface area (TPSA) is 99.2 Å². The zero-order valence-electron chi connectivity index (χ0n) is 12.3. The molecular weight excluding hydrogens is 280 g/mol. The molecule has 0 saturated carbocycles. The Balaban J connectivity index is 2.36. The Morgan fingerprint density at radius 1 is 1.30 bits per heavy atom. The number of piperazine rings is 1. The molecule has 1 heterocycles. The maximum absolute atomic E-state index is 11.7. The van der Waals surface area contributed by atoms with Gasteiger partial charge in [-0.1, -0.05) is 12.1 Å². The van der Waals surface area contributed by atoms with E-state index in [0.717, 1.165) is 26.2 Å². The Bertz CT molecular complexity index is 416. The van der Waals surface area contributed by atoms with Crippen molar-refractivity contribution in [1.29, 1.82) is 0 Å². The van der Waals surface area contributed by atoms with E-state index in [4.69, 9.17) is 10.9 Å². The molecule has 1 aliphatic rings. The monoisotopic (exact) mass is 306 g/mol. The van der Waals surface area contributed by atoms with Crippen molar-refractivity contribution in [2.24, 2.45) is 10.9 Å². The van der Waals surface area contributed by atoms with Crippen molar-refractivity contribution < 1.29 is 13.6 Å². The van der Waals surface area contributed by atoms with Crippen LogP contribution in [-0.4, -0.2) is 79.5 Å². The highest BCUT2D eigenvalue weighted by Gasteiger charge is 2.24. The summed E-state index contributed by atoms with van der Waals surface area (Å²) in [7, 11) is -2.91. The fourth-order valence-corrected chi connectivity index (χ4v) is 3.69. The average molecular weight is 306 g/mol. The zero-order valence-corrected chi connectivity index (χ0v) is 13.1. The van der Waals surface area contributed by atoms with Crippen LogP contribution in [0.2, 0.25) is 0 Å². The van der Waals surface area contributed by atoms with Gasteiger partial charge in [0, 0.05) is 38.5 Å². The molecule has 0 radical (unpaired) electrons. The lowest BCUT2D eigenvalue weighted by molar-refractivity contribution is 0.125. The predicted molar refractivity (Wildman–Crippen MR) is 79.8 cm³/mol. The van der Waals surface area contributed by atoms with Crippen LogP contribution in [0.25, 0.3) is 0 Å². The third kappa shape index (κ3) is 5.26. The molecule has 0 bridgehead atoms. The lowest BCUT2D eigenvalue weighted by atomic mass is 10.2. The molecular formula is C12H26N4O3S. The van der Waals surface area contributed by atoms with Crippen molar-refractivity contribution in [2.45, 2.75) is 26.3 Å². The molecule has 0 amide bonds. The highest BCUT2D eigenvalue weighted by Crippen LogP contribution is 2.07. The molecule has 8 heteroatoms. The maximum atomic E-state index is 11.7. The quantitative estimate of drug-likeness (QED) is 0.286. The Morgan fingerprint density at radius 3 is 2.40 bits per heavy atom. The second kappa shape index (κ2) is 7.80. The molecule has 20 heavy (non-hydrogen) atoms. The summed E-state index contributed by atoms with van der Waals surface area (Å²) in [6, 6.07) is -0.0917. The lowest BCUT2D eigenvalue weighted by Gasteiger charge is -2.37. The highest BCUT2D eigenvalue weighted by atomic mass is 32.2. The van der Waals surface area contributed by atoms with Crippen LogP contribution in [-0.2, 0) is 9.84 Å². The van der Waals surface area contributed by atoms with Crippen LogP contribution in [0.15, 0.2) is 5.16 Å². The molecule has 0 aromatic rings. The number of nitrogens with two attached hydrogens (primary N) is 1. The van der Waals surface area contributed by atoms with Crippen molar-refractivity contribution in [3.63, 3.8) is 0 Å². The standard InChI is InChI=1S/C12H26N4O3S/c1-3-9-20(18,19)10-8-15-4-6-16(7-5-15)11(2)12(13)14-17/h11,17H,3-10H2,1-2H3,(H2,13,14). The van der Waals surface area contributed by atoms with Crippen LogP contribution in [0.5, 0.6) is 0 Å². The molecule has 1 atom stereocenters. The minimum absolute atomic E-state index is 0.0917. The Morgan fingerprint density at radius 2 is 1.90 bits per heavy atom. The third-order valence-electron chi connectivity index (χ3n) is 3.73. The van der Waals surface area contributed by atoms with Gasteiger partial charge in [0.2, 0.25) is 0 Å². The second-order valence-corrected chi connectivity index (χ2v) is 7.53. The summed E-state index contributed by atoms with van der Waals surface area (Å²) in [6.07, 6.45) is 0.674. The number of oxime groups is 1. The molecule has 3 N–H and O–H groups in total. The molecule has 0 aromatic carbocycles. The van der Waals surface area contributed by atoms with Crippen molar-refractivity contribution >= 4 is 15.7 Å². The minimum atomic E-state index is -2.91. The first kappa shape index (κ1) is 17.2. The summed E-state index contributed by atoms with van der Waals surface area (Å²) in [6.45, 7) is 7.58. The molecule has 7 nitrogen and oxygen atoms in total. The van der Waals surface area contributed by atoms with Crippen LogP contribution >= 0.6 is 0 Å². The number of hydrogen-bond donors (Lipinski definition) is 2. The summed E-state index contributed by atoms with van der Waals surface area (Å²) in [4.78, 5) is 4.29. The number of rotatable bonds is 7. The smallest absolute Gasteiger partial charge is 0.156 e. The predicted octanol–water partition coefficient (Wildman–Crippen LogP) is -0.436. The van der Waals surface area contributed by atoms with Crippen LogP contribution < -0.4 is 5.73 Å². The number of amidine groups is 1. The zero-order chi connectivity index (χ0) is 15.2. The highest BCUT2D eigenvalue weighted by molar-refractivity contribution is 7.91. The Labute approximate surface area is 121 Å². The van der Waals surface area contributed by atoms with Gasteiger partial charge in [-0.3, -0.25) is 9.80 Å². The van der Waals surface area contributed by atoms with Crippen molar-refractivity contribution in [1.82, 2.24) is 9.80 Å². The number of sulfone groups is 1. The Hall–Kier alpha value is -0.860. The first-order chi connectivity index (χ1) is 9.39. The van der Waals surface area contributed by atoms with E-state index in [1.54, 1.807) is 0 Å². The molecule has 118 valence electrons. The summed E-state index contributed by atoms with van der Waals surface area (Å²) >= 11 is 0. The molecule has 0 aromatic heterocycles. The van der Waals surface area contributed by atoms with Gasteiger partial charge in [-0.15, -0.1) is 0 Å². The minimum Gasteiger partial charge on any atom is -0.409 e. The van der Waals surface area contributed by atoms with Crippen LogP contribution in [0.3, 0.4) is 0 Å². The lowest BCUT2D eigenvalue weighted by Crippen LogP contribution is -2.53. The first-order valence-electron chi connectivity index (χ1n) is 7.04. The molecule has 0 spiro atoms.